The molecule has 3 aromatic rings. The highest BCUT2D eigenvalue weighted by Gasteiger charge is 2.15. The van der Waals surface area contributed by atoms with Gasteiger partial charge in [0.15, 0.2) is 0 Å². The van der Waals surface area contributed by atoms with E-state index in [9.17, 15) is 14.9 Å². The molecule has 7 nitrogen and oxygen atoms in total. The van der Waals surface area contributed by atoms with Crippen molar-refractivity contribution in [1.82, 2.24) is 0 Å². The zero-order chi connectivity index (χ0) is 17.6. The summed E-state index contributed by atoms with van der Waals surface area (Å²) in [7, 11) is 0. The average molecular weight is 352 g/mol. The molecule has 1 heterocycles. The number of hydrogen-bond acceptors (Lipinski definition) is 6. The smallest absolute Gasteiger partial charge is 0.321 e. The van der Waals surface area contributed by atoms with Crippen LogP contribution in [0.25, 0.3) is 0 Å². The van der Waals surface area contributed by atoms with E-state index in [1.165, 1.54) is 12.1 Å². The Morgan fingerprint density at radius 1 is 0.920 bits per heavy atom. The second-order valence-corrected chi connectivity index (χ2v) is 5.99. The maximum absolute atomic E-state index is 12.1. The SMILES string of the molecule is O=C(Nc1ccc(N=Nc2ccccc2)cc1)c1ccc([N+](=O)[O-])s1. The van der Waals surface area contributed by atoms with Crippen molar-refractivity contribution in [2.45, 2.75) is 0 Å². The van der Waals surface area contributed by atoms with Crippen LogP contribution in [0.3, 0.4) is 0 Å². The first-order valence-corrected chi connectivity index (χ1v) is 8.06. The number of nitrogens with zero attached hydrogens (tertiary/aromatic N) is 3. The molecule has 0 spiro atoms. The van der Waals surface area contributed by atoms with Crippen molar-refractivity contribution in [3.63, 3.8) is 0 Å². The van der Waals surface area contributed by atoms with Crippen molar-refractivity contribution in [3.8, 4) is 0 Å². The first-order chi connectivity index (χ1) is 12.1. The molecule has 8 heteroatoms. The number of hydrogen-bond donors (Lipinski definition) is 1. The van der Waals surface area contributed by atoms with Crippen molar-refractivity contribution in [3.05, 3.63) is 81.7 Å². The lowest BCUT2D eigenvalue weighted by molar-refractivity contribution is -0.380. The number of carbonyl (C=O) groups is 1. The van der Waals surface area contributed by atoms with Gasteiger partial charge in [0.05, 0.1) is 21.2 Å². The molecule has 0 atom stereocenters. The molecule has 1 aromatic heterocycles. The number of rotatable bonds is 5. The second kappa shape index (κ2) is 7.45. The molecule has 0 saturated heterocycles. The highest BCUT2D eigenvalue weighted by molar-refractivity contribution is 7.17. The Bertz CT molecular complexity index is 921. The summed E-state index contributed by atoms with van der Waals surface area (Å²) in [6.07, 6.45) is 0. The molecule has 3 rings (SSSR count). The van der Waals surface area contributed by atoms with Crippen molar-refractivity contribution in [1.29, 1.82) is 0 Å². The molecule has 1 amide bonds. The normalized spacial score (nSPS) is 10.7. The highest BCUT2D eigenvalue weighted by atomic mass is 32.1. The zero-order valence-electron chi connectivity index (χ0n) is 12.8. The van der Waals surface area contributed by atoms with E-state index in [-0.39, 0.29) is 9.88 Å². The van der Waals surface area contributed by atoms with Crippen LogP contribution in [0, 0.1) is 10.1 Å². The zero-order valence-corrected chi connectivity index (χ0v) is 13.6. The summed E-state index contributed by atoms with van der Waals surface area (Å²) in [5, 5.41) is 21.5. The predicted molar refractivity (Wildman–Crippen MR) is 96.0 cm³/mol. The van der Waals surface area contributed by atoms with Gasteiger partial charge in [-0.15, -0.1) is 0 Å². The van der Waals surface area contributed by atoms with Gasteiger partial charge in [0, 0.05) is 11.8 Å². The van der Waals surface area contributed by atoms with Crippen molar-refractivity contribution >= 4 is 39.3 Å². The molecular weight excluding hydrogens is 340 g/mol. The van der Waals surface area contributed by atoms with Crippen molar-refractivity contribution in [2.24, 2.45) is 10.2 Å². The molecular formula is C17H12N4O3S. The van der Waals surface area contributed by atoms with E-state index < -0.39 is 10.8 Å². The van der Waals surface area contributed by atoms with E-state index in [0.29, 0.717) is 11.4 Å². The van der Waals surface area contributed by atoms with Gasteiger partial charge in [0.1, 0.15) is 0 Å². The molecule has 1 N–H and O–H groups in total. The van der Waals surface area contributed by atoms with Crippen LogP contribution in [0.5, 0.6) is 0 Å². The molecule has 0 saturated carbocycles. The van der Waals surface area contributed by atoms with Crippen LogP contribution in [0.1, 0.15) is 9.67 Å². The molecule has 0 bridgehead atoms. The Morgan fingerprint density at radius 3 is 2.16 bits per heavy atom. The van der Waals surface area contributed by atoms with Crippen LogP contribution in [0.15, 0.2) is 77.0 Å². The van der Waals surface area contributed by atoms with E-state index in [4.69, 9.17) is 0 Å². The number of anilines is 1. The number of nitro groups is 1. The largest absolute Gasteiger partial charge is 0.324 e. The molecule has 2 aromatic carbocycles. The highest BCUT2D eigenvalue weighted by Crippen LogP contribution is 2.25. The summed E-state index contributed by atoms with van der Waals surface area (Å²) in [5.74, 6) is -0.392. The van der Waals surface area contributed by atoms with E-state index in [2.05, 4.69) is 15.5 Å². The number of benzene rings is 2. The molecule has 25 heavy (non-hydrogen) atoms. The van der Waals surface area contributed by atoms with Gasteiger partial charge in [-0.1, -0.05) is 29.5 Å². The Kier molecular flexibility index (Phi) is 4.91. The lowest BCUT2D eigenvalue weighted by Crippen LogP contribution is -2.09. The van der Waals surface area contributed by atoms with Gasteiger partial charge in [-0.2, -0.15) is 10.2 Å². The van der Waals surface area contributed by atoms with Gasteiger partial charge in [-0.25, -0.2) is 0 Å². The van der Waals surface area contributed by atoms with Crippen LogP contribution in [-0.4, -0.2) is 10.8 Å². The fraction of sp³-hybridized carbons (Fsp3) is 0. The van der Waals surface area contributed by atoms with Crippen LogP contribution in [0.4, 0.5) is 22.1 Å². The first-order valence-electron chi connectivity index (χ1n) is 7.24. The topological polar surface area (TPSA) is 97.0 Å². The third kappa shape index (κ3) is 4.33. The fourth-order valence-corrected chi connectivity index (χ4v) is 2.68. The summed E-state index contributed by atoms with van der Waals surface area (Å²) < 4.78 is 0. The van der Waals surface area contributed by atoms with Crippen LogP contribution in [0.2, 0.25) is 0 Å². The summed E-state index contributed by atoms with van der Waals surface area (Å²) in [5.41, 5.74) is 1.97. The molecule has 0 aliphatic carbocycles. The minimum Gasteiger partial charge on any atom is -0.321 e. The van der Waals surface area contributed by atoms with Crippen LogP contribution < -0.4 is 5.32 Å². The lowest BCUT2D eigenvalue weighted by Gasteiger charge is -2.03. The standard InChI is InChI=1S/C17H12N4O3S/c22-17(15-10-11-16(25-15)21(23)24)18-12-6-8-14(9-7-12)20-19-13-4-2-1-3-5-13/h1-11H,(H,18,22). The van der Waals surface area contributed by atoms with E-state index >= 15 is 0 Å². The van der Waals surface area contributed by atoms with Crippen LogP contribution in [-0.2, 0) is 0 Å². The summed E-state index contributed by atoms with van der Waals surface area (Å²) in [6.45, 7) is 0. The fourth-order valence-electron chi connectivity index (χ4n) is 1.96. The monoisotopic (exact) mass is 352 g/mol. The van der Waals surface area contributed by atoms with E-state index in [0.717, 1.165) is 17.0 Å². The maximum atomic E-state index is 12.1. The maximum Gasteiger partial charge on any atom is 0.324 e. The van der Waals surface area contributed by atoms with Gasteiger partial charge in [-0.05, 0) is 42.5 Å². The second-order valence-electron chi connectivity index (χ2n) is 4.93. The molecule has 0 fully saturated rings. The number of thiophene rings is 1. The van der Waals surface area contributed by atoms with Gasteiger partial charge >= 0.3 is 5.00 Å². The quantitative estimate of drug-likeness (QED) is 0.382. The molecule has 0 radical (unpaired) electrons. The summed E-state index contributed by atoms with van der Waals surface area (Å²) in [4.78, 5) is 22.5. The van der Waals surface area contributed by atoms with Gasteiger partial charge in [0.25, 0.3) is 5.91 Å². The molecule has 0 aliphatic heterocycles. The predicted octanol–water partition coefficient (Wildman–Crippen LogP) is 5.32. The summed E-state index contributed by atoms with van der Waals surface area (Å²) >= 11 is 0.833. The first kappa shape index (κ1) is 16.5. The minimum absolute atomic E-state index is 0.0678. The van der Waals surface area contributed by atoms with Crippen molar-refractivity contribution in [2.75, 3.05) is 5.32 Å². The number of nitrogens with one attached hydrogen (secondary N) is 1. The van der Waals surface area contributed by atoms with Gasteiger partial charge < -0.3 is 5.32 Å². The number of azo groups is 1. The Balaban J connectivity index is 1.65. The van der Waals surface area contributed by atoms with E-state index in [1.54, 1.807) is 24.3 Å². The Labute approximate surface area is 146 Å². The van der Waals surface area contributed by atoms with Crippen molar-refractivity contribution < 1.29 is 9.72 Å². The number of amides is 1. The van der Waals surface area contributed by atoms with Crippen LogP contribution >= 0.6 is 11.3 Å². The molecule has 0 aliphatic rings. The average Bonchev–Trinajstić information content (AvgIpc) is 3.13. The van der Waals surface area contributed by atoms with Gasteiger partial charge in [-0.3, -0.25) is 14.9 Å². The minimum atomic E-state index is -0.520. The number of carbonyl (C=O) groups excluding carboxylic acids is 1. The Hall–Kier alpha value is -3.39. The van der Waals surface area contributed by atoms with Gasteiger partial charge in [0.2, 0.25) is 0 Å². The third-order valence-electron chi connectivity index (χ3n) is 3.16. The molecule has 124 valence electrons. The Morgan fingerprint density at radius 2 is 1.56 bits per heavy atom. The van der Waals surface area contributed by atoms with E-state index in [1.807, 2.05) is 30.3 Å². The lowest BCUT2D eigenvalue weighted by atomic mass is 10.3. The molecule has 0 unspecified atom stereocenters. The third-order valence-corrected chi connectivity index (χ3v) is 4.19. The summed E-state index contributed by atoms with van der Waals surface area (Å²) in [6, 6.07) is 18.9.